The summed E-state index contributed by atoms with van der Waals surface area (Å²) in [5, 5.41) is 13.9. The van der Waals surface area contributed by atoms with E-state index in [-0.39, 0.29) is 0 Å². The van der Waals surface area contributed by atoms with Crippen LogP contribution in [0.5, 0.6) is 0 Å². The van der Waals surface area contributed by atoms with E-state index in [2.05, 4.69) is 5.10 Å². The van der Waals surface area contributed by atoms with Crippen molar-refractivity contribution in [3.05, 3.63) is 17.5 Å². The van der Waals surface area contributed by atoms with E-state index >= 15 is 0 Å². The summed E-state index contributed by atoms with van der Waals surface area (Å²) < 4.78 is 1.72. The topological polar surface area (TPSA) is 64.1 Å². The molecule has 1 atom stereocenters. The fraction of sp³-hybridized carbons (Fsp3) is 0.667. The molecule has 1 rings (SSSR count). The van der Waals surface area contributed by atoms with Gasteiger partial charge >= 0.3 is 0 Å². The molecule has 4 heteroatoms. The van der Waals surface area contributed by atoms with Gasteiger partial charge in [-0.1, -0.05) is 0 Å². The zero-order valence-electron chi connectivity index (χ0n) is 8.20. The average Bonchev–Trinajstić information content (AvgIpc) is 2.41. The van der Waals surface area contributed by atoms with E-state index in [1.54, 1.807) is 4.68 Å². The quantitative estimate of drug-likeness (QED) is 0.714. The maximum atomic E-state index is 9.74. The Bertz CT molecular complexity index is 270. The van der Waals surface area contributed by atoms with Crippen molar-refractivity contribution >= 4 is 0 Å². The maximum Gasteiger partial charge on any atom is 0.0823 e. The number of aryl methyl sites for hydroxylation is 2. The Morgan fingerprint density at radius 2 is 2.38 bits per heavy atom. The highest BCUT2D eigenvalue weighted by Crippen LogP contribution is 2.20. The lowest BCUT2D eigenvalue weighted by molar-refractivity contribution is 0.164. The highest BCUT2D eigenvalue weighted by Gasteiger charge is 2.12. The molecule has 0 fully saturated rings. The number of aliphatic hydroxyl groups is 1. The number of aromatic nitrogens is 2. The molecule has 0 aliphatic carbocycles. The maximum absolute atomic E-state index is 9.74. The molecule has 74 valence electrons. The number of hydrogen-bond donors (Lipinski definition) is 2. The van der Waals surface area contributed by atoms with Crippen molar-refractivity contribution in [1.29, 1.82) is 0 Å². The highest BCUT2D eigenvalue weighted by atomic mass is 16.3. The van der Waals surface area contributed by atoms with Gasteiger partial charge in [0.05, 0.1) is 11.8 Å². The Balaban J connectivity index is 2.64. The lowest BCUT2D eigenvalue weighted by atomic mass is 10.1. The summed E-state index contributed by atoms with van der Waals surface area (Å²) in [5.41, 5.74) is 7.17. The summed E-state index contributed by atoms with van der Waals surface area (Å²) in [6, 6.07) is 0. The Hall–Kier alpha value is -0.870. The van der Waals surface area contributed by atoms with Crippen LogP contribution >= 0.6 is 0 Å². The number of nitrogens with zero attached hydrogens (tertiary/aromatic N) is 2. The van der Waals surface area contributed by atoms with Gasteiger partial charge in [-0.05, 0) is 26.3 Å². The molecule has 0 amide bonds. The summed E-state index contributed by atoms with van der Waals surface area (Å²) in [6.07, 6.45) is 2.99. The van der Waals surface area contributed by atoms with Gasteiger partial charge in [-0.25, -0.2) is 0 Å². The first-order valence-electron chi connectivity index (χ1n) is 4.53. The molecular formula is C9H17N3O. The molecular weight excluding hydrogens is 166 g/mol. The van der Waals surface area contributed by atoms with Crippen LogP contribution in [0.25, 0.3) is 0 Å². The average molecular weight is 183 g/mol. The number of nitrogens with two attached hydrogens (primary N) is 1. The third-order valence-electron chi connectivity index (χ3n) is 2.09. The minimum atomic E-state index is -0.419. The second kappa shape index (κ2) is 4.39. The molecule has 0 aromatic carbocycles. The SMILES string of the molecule is Cc1nn(C)cc1C(O)CCCN. The second-order valence-electron chi connectivity index (χ2n) is 3.29. The zero-order chi connectivity index (χ0) is 9.84. The number of hydrogen-bond acceptors (Lipinski definition) is 3. The van der Waals surface area contributed by atoms with Crippen molar-refractivity contribution in [3.63, 3.8) is 0 Å². The smallest absolute Gasteiger partial charge is 0.0823 e. The minimum absolute atomic E-state index is 0.419. The first kappa shape index (κ1) is 10.2. The van der Waals surface area contributed by atoms with Crippen LogP contribution in [0.2, 0.25) is 0 Å². The van der Waals surface area contributed by atoms with Gasteiger partial charge < -0.3 is 10.8 Å². The number of aliphatic hydroxyl groups excluding tert-OH is 1. The van der Waals surface area contributed by atoms with Gasteiger partial charge in [0, 0.05) is 18.8 Å². The van der Waals surface area contributed by atoms with Crippen LogP contribution < -0.4 is 5.73 Å². The normalized spacial score (nSPS) is 13.2. The van der Waals surface area contributed by atoms with Gasteiger partial charge in [0.15, 0.2) is 0 Å². The molecule has 13 heavy (non-hydrogen) atoms. The molecule has 0 saturated heterocycles. The first-order valence-corrected chi connectivity index (χ1v) is 4.53. The summed E-state index contributed by atoms with van der Waals surface area (Å²) >= 11 is 0. The minimum Gasteiger partial charge on any atom is -0.388 e. The van der Waals surface area contributed by atoms with Gasteiger partial charge in [-0.15, -0.1) is 0 Å². The van der Waals surface area contributed by atoms with E-state index in [9.17, 15) is 5.11 Å². The van der Waals surface area contributed by atoms with Crippen LogP contribution in [-0.2, 0) is 7.05 Å². The Labute approximate surface area is 78.4 Å². The van der Waals surface area contributed by atoms with E-state index in [0.29, 0.717) is 13.0 Å². The van der Waals surface area contributed by atoms with Crippen LogP contribution in [0.4, 0.5) is 0 Å². The summed E-state index contributed by atoms with van der Waals surface area (Å²) in [7, 11) is 1.85. The van der Waals surface area contributed by atoms with Gasteiger partial charge in [-0.2, -0.15) is 5.10 Å². The van der Waals surface area contributed by atoms with Gasteiger partial charge in [0.2, 0.25) is 0 Å². The summed E-state index contributed by atoms with van der Waals surface area (Å²) in [6.45, 7) is 2.53. The third kappa shape index (κ3) is 2.54. The Kier molecular flexibility index (Phi) is 3.45. The van der Waals surface area contributed by atoms with Crippen LogP contribution in [0.15, 0.2) is 6.20 Å². The molecule has 3 N–H and O–H groups in total. The van der Waals surface area contributed by atoms with Crippen molar-refractivity contribution in [1.82, 2.24) is 9.78 Å². The molecule has 0 aliphatic rings. The van der Waals surface area contributed by atoms with E-state index < -0.39 is 6.10 Å². The van der Waals surface area contributed by atoms with Gasteiger partial charge in [-0.3, -0.25) is 4.68 Å². The number of rotatable bonds is 4. The fourth-order valence-electron chi connectivity index (χ4n) is 1.41. The van der Waals surface area contributed by atoms with Gasteiger partial charge in [0.1, 0.15) is 0 Å². The van der Waals surface area contributed by atoms with E-state index in [4.69, 9.17) is 5.73 Å². The largest absolute Gasteiger partial charge is 0.388 e. The van der Waals surface area contributed by atoms with Crippen molar-refractivity contribution in [2.24, 2.45) is 12.8 Å². The molecule has 0 bridgehead atoms. The summed E-state index contributed by atoms with van der Waals surface area (Å²) in [5.74, 6) is 0. The molecule has 1 aromatic rings. The molecule has 0 radical (unpaired) electrons. The molecule has 4 nitrogen and oxygen atoms in total. The highest BCUT2D eigenvalue weighted by molar-refractivity contribution is 5.18. The molecule has 0 spiro atoms. The Morgan fingerprint density at radius 3 is 2.85 bits per heavy atom. The molecule has 1 aromatic heterocycles. The van der Waals surface area contributed by atoms with Crippen LogP contribution in [-0.4, -0.2) is 21.4 Å². The summed E-state index contributed by atoms with van der Waals surface area (Å²) in [4.78, 5) is 0. The van der Waals surface area contributed by atoms with Crippen molar-refractivity contribution in [2.75, 3.05) is 6.54 Å². The zero-order valence-corrected chi connectivity index (χ0v) is 8.20. The first-order chi connectivity index (χ1) is 6.15. The standard InChI is InChI=1S/C9H17N3O/c1-7-8(6-12(2)11-7)9(13)4-3-5-10/h6,9,13H,3-5,10H2,1-2H3. The monoisotopic (exact) mass is 183 g/mol. The molecule has 0 aliphatic heterocycles. The van der Waals surface area contributed by atoms with Crippen LogP contribution in [0.1, 0.15) is 30.2 Å². The van der Waals surface area contributed by atoms with Crippen LogP contribution in [0, 0.1) is 6.92 Å². The predicted molar refractivity (Wildman–Crippen MR) is 51.2 cm³/mol. The fourth-order valence-corrected chi connectivity index (χ4v) is 1.41. The van der Waals surface area contributed by atoms with Crippen molar-refractivity contribution in [2.45, 2.75) is 25.9 Å². The predicted octanol–water partition coefficient (Wildman–Crippen LogP) is 0.501. The molecule has 1 unspecified atom stereocenters. The van der Waals surface area contributed by atoms with E-state index in [0.717, 1.165) is 17.7 Å². The van der Waals surface area contributed by atoms with E-state index in [1.165, 1.54) is 0 Å². The van der Waals surface area contributed by atoms with Gasteiger partial charge in [0.25, 0.3) is 0 Å². The Morgan fingerprint density at radius 1 is 1.69 bits per heavy atom. The molecule has 0 saturated carbocycles. The van der Waals surface area contributed by atoms with Crippen molar-refractivity contribution in [3.8, 4) is 0 Å². The molecule has 1 heterocycles. The lowest BCUT2D eigenvalue weighted by Gasteiger charge is -2.07. The van der Waals surface area contributed by atoms with Crippen LogP contribution in [0.3, 0.4) is 0 Å². The third-order valence-corrected chi connectivity index (χ3v) is 2.09. The van der Waals surface area contributed by atoms with E-state index in [1.807, 2.05) is 20.2 Å². The van der Waals surface area contributed by atoms with Crippen molar-refractivity contribution < 1.29 is 5.11 Å². The lowest BCUT2D eigenvalue weighted by Crippen LogP contribution is -2.04. The second-order valence-corrected chi connectivity index (χ2v) is 3.29.